The van der Waals surface area contributed by atoms with Gasteiger partial charge in [-0.25, -0.2) is 0 Å². The molecule has 31 heavy (non-hydrogen) atoms. The van der Waals surface area contributed by atoms with Gasteiger partial charge in [0.05, 0.1) is 13.2 Å². The van der Waals surface area contributed by atoms with Gasteiger partial charge in [-0.15, -0.1) is 0 Å². The van der Waals surface area contributed by atoms with Crippen LogP contribution in [0.4, 0.5) is 0 Å². The molecule has 0 N–H and O–H groups in total. The predicted octanol–water partition coefficient (Wildman–Crippen LogP) is 5.50. The summed E-state index contributed by atoms with van der Waals surface area (Å²) in [6.45, 7) is 3.83. The first kappa shape index (κ1) is 21.3. The molecule has 1 aromatic heterocycles. The summed E-state index contributed by atoms with van der Waals surface area (Å²) in [5.41, 5.74) is 1.31. The van der Waals surface area contributed by atoms with E-state index in [1.807, 2.05) is 73.1 Å². The minimum absolute atomic E-state index is 0.453. The summed E-state index contributed by atoms with van der Waals surface area (Å²) in [4.78, 5) is 6.81. The fourth-order valence-electron chi connectivity index (χ4n) is 3.96. The molecule has 2 aromatic carbocycles. The van der Waals surface area contributed by atoms with Gasteiger partial charge in [0.25, 0.3) is 0 Å². The Morgan fingerprint density at radius 2 is 1.71 bits per heavy atom. The Morgan fingerprint density at radius 3 is 2.58 bits per heavy atom. The Hall–Kier alpha value is -2.89. The van der Waals surface area contributed by atoms with Gasteiger partial charge < -0.3 is 14.2 Å². The molecule has 1 saturated heterocycles. The van der Waals surface area contributed by atoms with Crippen LogP contribution in [0.25, 0.3) is 0 Å². The topological polar surface area (TPSA) is 43.8 Å². The van der Waals surface area contributed by atoms with Gasteiger partial charge in [0.2, 0.25) is 0 Å². The summed E-state index contributed by atoms with van der Waals surface area (Å²) >= 11 is 0. The molecule has 162 valence electrons. The largest absolute Gasteiger partial charge is 0.491 e. The van der Waals surface area contributed by atoms with Crippen molar-refractivity contribution in [1.82, 2.24) is 9.88 Å². The molecule has 1 aliphatic heterocycles. The molecule has 0 radical (unpaired) electrons. The van der Waals surface area contributed by atoms with Crippen molar-refractivity contribution in [3.8, 4) is 17.2 Å². The minimum atomic E-state index is 0.453. The van der Waals surface area contributed by atoms with Gasteiger partial charge in [0.1, 0.15) is 23.9 Å². The molecular weight excluding hydrogens is 388 g/mol. The van der Waals surface area contributed by atoms with Crippen molar-refractivity contribution < 1.29 is 14.2 Å². The number of hydrogen-bond acceptors (Lipinski definition) is 5. The smallest absolute Gasteiger partial charge is 0.131 e. The van der Waals surface area contributed by atoms with E-state index in [0.717, 1.165) is 30.3 Å². The molecule has 2 heterocycles. The second-order valence-electron chi connectivity index (χ2n) is 7.68. The van der Waals surface area contributed by atoms with Crippen molar-refractivity contribution in [1.29, 1.82) is 0 Å². The zero-order chi connectivity index (χ0) is 21.1. The average molecular weight is 419 g/mol. The second-order valence-corrected chi connectivity index (χ2v) is 7.68. The Balaban J connectivity index is 1.17. The van der Waals surface area contributed by atoms with Crippen LogP contribution in [0, 0.1) is 0 Å². The normalized spacial score (nSPS) is 16.7. The molecule has 1 fully saturated rings. The van der Waals surface area contributed by atoms with Crippen LogP contribution in [0.3, 0.4) is 0 Å². The third kappa shape index (κ3) is 6.54. The highest BCUT2D eigenvalue weighted by Gasteiger charge is 2.23. The number of para-hydroxylation sites is 1. The molecule has 5 heteroatoms. The minimum Gasteiger partial charge on any atom is -0.491 e. The molecule has 0 amide bonds. The van der Waals surface area contributed by atoms with E-state index in [0.29, 0.717) is 25.9 Å². The van der Waals surface area contributed by atoms with Crippen LogP contribution in [-0.4, -0.2) is 42.8 Å². The van der Waals surface area contributed by atoms with E-state index in [1.165, 1.54) is 24.8 Å². The molecule has 5 nitrogen and oxygen atoms in total. The molecule has 3 aromatic rings. The maximum absolute atomic E-state index is 5.86. The fourth-order valence-corrected chi connectivity index (χ4v) is 3.96. The van der Waals surface area contributed by atoms with Crippen LogP contribution in [0.5, 0.6) is 17.2 Å². The lowest BCUT2D eigenvalue weighted by molar-refractivity contribution is 0.0571. The quantitative estimate of drug-likeness (QED) is 0.407. The number of ether oxygens (including phenoxy) is 3. The maximum Gasteiger partial charge on any atom is 0.131 e. The zero-order valence-corrected chi connectivity index (χ0v) is 17.9. The van der Waals surface area contributed by atoms with Crippen molar-refractivity contribution in [3.63, 3.8) is 0 Å². The highest BCUT2D eigenvalue weighted by Crippen LogP contribution is 2.30. The number of benzene rings is 2. The third-order valence-electron chi connectivity index (χ3n) is 5.49. The van der Waals surface area contributed by atoms with E-state index in [9.17, 15) is 0 Å². The lowest BCUT2D eigenvalue weighted by atomic mass is 9.96. The highest BCUT2D eigenvalue weighted by atomic mass is 16.5. The summed E-state index contributed by atoms with van der Waals surface area (Å²) in [5.74, 6) is 2.35. The van der Waals surface area contributed by atoms with Crippen molar-refractivity contribution in [2.75, 3.05) is 32.9 Å². The number of likely N-dealkylation sites (tertiary alicyclic amines) is 1. The monoisotopic (exact) mass is 418 g/mol. The van der Waals surface area contributed by atoms with Crippen LogP contribution in [0.15, 0.2) is 79.1 Å². The lowest BCUT2D eigenvalue weighted by Gasteiger charge is -2.35. The Labute approximate surface area is 184 Å². The maximum atomic E-state index is 5.86. The van der Waals surface area contributed by atoms with Gasteiger partial charge >= 0.3 is 0 Å². The molecule has 1 atom stereocenters. The van der Waals surface area contributed by atoms with Crippen LogP contribution >= 0.6 is 0 Å². The summed E-state index contributed by atoms with van der Waals surface area (Å²) in [6.07, 6.45) is 7.55. The highest BCUT2D eigenvalue weighted by molar-refractivity contribution is 5.36. The van der Waals surface area contributed by atoms with Crippen molar-refractivity contribution in [3.05, 3.63) is 84.7 Å². The number of nitrogens with zero attached hydrogens (tertiary/aromatic N) is 2. The molecule has 0 saturated carbocycles. The number of hydrogen-bond donors (Lipinski definition) is 0. The van der Waals surface area contributed by atoms with Crippen LogP contribution in [-0.2, 0) is 4.74 Å². The van der Waals surface area contributed by atoms with Crippen molar-refractivity contribution in [2.45, 2.75) is 25.3 Å². The number of pyridine rings is 1. The number of aromatic nitrogens is 1. The standard InChI is InChI=1S/C26H30N2O3/c1-2-9-23(10-3-1)31-25-12-6-11-24(20-25)30-19-18-29-17-16-28-15-5-4-13-26(28)22-8-7-14-27-21-22/h1-3,6-12,14,20-21,26H,4-5,13,15-19H2. The first-order valence-electron chi connectivity index (χ1n) is 11.1. The Kier molecular flexibility index (Phi) is 7.91. The van der Waals surface area contributed by atoms with Gasteiger partial charge in [0.15, 0.2) is 0 Å². The Morgan fingerprint density at radius 1 is 0.839 bits per heavy atom. The Bertz CT molecular complexity index is 905. The molecule has 4 rings (SSSR count). The van der Waals surface area contributed by atoms with Gasteiger partial charge in [-0.3, -0.25) is 9.88 Å². The summed E-state index contributed by atoms with van der Waals surface area (Å²) in [6, 6.07) is 22.1. The van der Waals surface area contributed by atoms with Crippen LogP contribution in [0.1, 0.15) is 30.9 Å². The SMILES string of the molecule is c1ccc(Oc2cccc(OCCOCCN3CCCCC3c3cccnc3)c2)cc1. The van der Waals surface area contributed by atoms with E-state index in [2.05, 4.69) is 16.0 Å². The summed E-state index contributed by atoms with van der Waals surface area (Å²) in [5, 5.41) is 0. The fraction of sp³-hybridized carbons (Fsp3) is 0.346. The van der Waals surface area contributed by atoms with Crippen molar-refractivity contribution >= 4 is 0 Å². The van der Waals surface area contributed by atoms with Crippen LogP contribution in [0.2, 0.25) is 0 Å². The van der Waals surface area contributed by atoms with Gasteiger partial charge in [-0.1, -0.05) is 36.8 Å². The van der Waals surface area contributed by atoms with Gasteiger partial charge in [0, 0.05) is 31.0 Å². The molecule has 0 aliphatic carbocycles. The first-order valence-corrected chi connectivity index (χ1v) is 11.1. The van der Waals surface area contributed by atoms with E-state index < -0.39 is 0 Å². The number of piperidine rings is 1. The first-order chi connectivity index (χ1) is 15.4. The van der Waals surface area contributed by atoms with E-state index in [1.54, 1.807) is 0 Å². The lowest BCUT2D eigenvalue weighted by Crippen LogP contribution is -2.36. The average Bonchev–Trinajstić information content (AvgIpc) is 2.83. The molecule has 1 aliphatic rings. The van der Waals surface area contributed by atoms with E-state index in [-0.39, 0.29) is 0 Å². The molecule has 0 bridgehead atoms. The molecule has 1 unspecified atom stereocenters. The summed E-state index contributed by atoms with van der Waals surface area (Å²) < 4.78 is 17.6. The van der Waals surface area contributed by atoms with Gasteiger partial charge in [-0.2, -0.15) is 0 Å². The number of rotatable bonds is 10. The zero-order valence-electron chi connectivity index (χ0n) is 17.9. The second kappa shape index (κ2) is 11.5. The third-order valence-corrected chi connectivity index (χ3v) is 5.49. The molecular formula is C26H30N2O3. The molecule has 0 spiro atoms. The van der Waals surface area contributed by atoms with Gasteiger partial charge in [-0.05, 0) is 55.3 Å². The van der Waals surface area contributed by atoms with E-state index in [4.69, 9.17) is 14.2 Å². The summed E-state index contributed by atoms with van der Waals surface area (Å²) in [7, 11) is 0. The van der Waals surface area contributed by atoms with E-state index >= 15 is 0 Å². The van der Waals surface area contributed by atoms with Crippen LogP contribution < -0.4 is 9.47 Å². The van der Waals surface area contributed by atoms with Crippen molar-refractivity contribution in [2.24, 2.45) is 0 Å². The predicted molar refractivity (Wildman–Crippen MR) is 122 cm³/mol.